The Morgan fingerprint density at radius 3 is 2.00 bits per heavy atom. The summed E-state index contributed by atoms with van der Waals surface area (Å²) >= 11 is 0. The minimum atomic E-state index is -0.740. The zero-order valence-electron chi connectivity index (χ0n) is 8.51. The molecule has 1 unspecified atom stereocenters. The van der Waals surface area contributed by atoms with E-state index in [0.717, 1.165) is 0 Å². The molecule has 0 heterocycles. The van der Waals surface area contributed by atoms with E-state index in [1.54, 1.807) is 0 Å². The molecule has 2 heteroatoms. The van der Waals surface area contributed by atoms with Crippen molar-refractivity contribution < 1.29 is 4.89 Å². The van der Waals surface area contributed by atoms with E-state index in [2.05, 4.69) is 20.8 Å². The van der Waals surface area contributed by atoms with Gasteiger partial charge in [0.15, 0.2) is 0 Å². The maximum atomic E-state index is 10.1. The van der Waals surface area contributed by atoms with Gasteiger partial charge in [-0.25, -0.2) is 0 Å². The Bertz CT molecular complexity index is 133. The molecule has 0 aromatic rings. The maximum Gasteiger partial charge on any atom is 0.0337 e. The number of hydrogen-bond acceptors (Lipinski definition) is 1. The van der Waals surface area contributed by atoms with Crippen molar-refractivity contribution in [3.63, 3.8) is 0 Å². The smallest absolute Gasteiger partial charge is 0.0337 e. The van der Waals surface area contributed by atoms with E-state index >= 15 is 0 Å². The van der Waals surface area contributed by atoms with Gasteiger partial charge in [0.1, 0.15) is 0 Å². The minimum absolute atomic E-state index is 0.136. The number of rotatable bonds is 1. The summed E-state index contributed by atoms with van der Waals surface area (Å²) in [5, 5.41) is 0.136. The molecule has 1 atom stereocenters. The van der Waals surface area contributed by atoms with Crippen LogP contribution in [0.2, 0.25) is 0 Å². The molecular formula is C10H21OP. The van der Waals surface area contributed by atoms with E-state index in [9.17, 15) is 4.89 Å². The molecule has 1 nitrogen and oxygen atoms in total. The highest BCUT2D eigenvalue weighted by Gasteiger charge is 2.31. The summed E-state index contributed by atoms with van der Waals surface area (Å²) in [7, 11) is -0.740. The Morgan fingerprint density at radius 2 is 1.58 bits per heavy atom. The average molecular weight is 188 g/mol. The van der Waals surface area contributed by atoms with Gasteiger partial charge in [0.2, 0.25) is 0 Å². The topological polar surface area (TPSA) is 20.2 Å². The Hall–Kier alpha value is 0.390. The van der Waals surface area contributed by atoms with Crippen LogP contribution in [0.15, 0.2) is 0 Å². The molecule has 0 amide bonds. The van der Waals surface area contributed by atoms with Crippen molar-refractivity contribution in [3.8, 4) is 0 Å². The summed E-state index contributed by atoms with van der Waals surface area (Å²) in [5.41, 5.74) is 0.633. The van der Waals surface area contributed by atoms with Crippen LogP contribution >= 0.6 is 8.15 Å². The van der Waals surface area contributed by atoms with Crippen LogP contribution in [0.25, 0.3) is 0 Å². The second-order valence-corrected chi connectivity index (χ2v) is 7.57. The highest BCUT2D eigenvalue weighted by Crippen LogP contribution is 2.53. The normalized spacial score (nSPS) is 24.0. The van der Waals surface area contributed by atoms with Gasteiger partial charge in [-0.05, 0) is 12.8 Å². The lowest BCUT2D eigenvalue weighted by molar-refractivity contribution is 0.469. The quantitative estimate of drug-likeness (QED) is 0.624. The van der Waals surface area contributed by atoms with Crippen molar-refractivity contribution in [3.05, 3.63) is 0 Å². The van der Waals surface area contributed by atoms with Crippen LogP contribution in [0.4, 0.5) is 0 Å². The minimum Gasteiger partial charge on any atom is -0.373 e. The fraction of sp³-hybridized carbons (Fsp3) is 1.00. The summed E-state index contributed by atoms with van der Waals surface area (Å²) < 4.78 is 0. The average Bonchev–Trinajstić information content (AvgIpc) is 2.03. The third-order valence-electron chi connectivity index (χ3n) is 2.61. The zero-order chi connectivity index (χ0) is 9.19. The molecule has 0 bridgehead atoms. The highest BCUT2D eigenvalue weighted by atomic mass is 31.1. The first-order valence-electron chi connectivity index (χ1n) is 5.00. The molecule has 1 rings (SSSR count). The lowest BCUT2D eigenvalue weighted by Crippen LogP contribution is -2.21. The Labute approximate surface area is 77.4 Å². The van der Waals surface area contributed by atoms with Crippen LogP contribution in [-0.4, -0.2) is 15.7 Å². The van der Waals surface area contributed by atoms with Crippen LogP contribution in [-0.2, 0) is 0 Å². The molecule has 0 aromatic heterocycles. The van der Waals surface area contributed by atoms with Gasteiger partial charge in [0.25, 0.3) is 0 Å². The molecule has 0 saturated heterocycles. The fourth-order valence-electron chi connectivity index (χ4n) is 1.87. The Balaban J connectivity index is 2.45. The molecule has 1 aliphatic rings. The van der Waals surface area contributed by atoms with Gasteiger partial charge in [-0.2, -0.15) is 0 Å². The Morgan fingerprint density at radius 1 is 1.08 bits per heavy atom. The van der Waals surface area contributed by atoms with Crippen LogP contribution in [0, 0.1) is 0 Å². The number of hydrogen-bond donors (Lipinski definition) is 1. The molecular weight excluding hydrogens is 167 g/mol. The van der Waals surface area contributed by atoms with Crippen molar-refractivity contribution in [2.45, 2.75) is 63.7 Å². The molecule has 0 aromatic carbocycles. The molecule has 1 aliphatic carbocycles. The molecule has 12 heavy (non-hydrogen) atoms. The Kier molecular flexibility index (Phi) is 3.55. The van der Waals surface area contributed by atoms with Crippen LogP contribution < -0.4 is 0 Å². The predicted molar refractivity (Wildman–Crippen MR) is 55.8 cm³/mol. The van der Waals surface area contributed by atoms with Gasteiger partial charge in [0, 0.05) is 19.0 Å². The standard InChI is InChI=1S/C10H21OP/c1-10(2,3)12(11)9-7-5-4-6-8-9/h9,11H,4-8H2,1-3H3. The third-order valence-corrected chi connectivity index (χ3v) is 5.19. The first-order valence-corrected chi connectivity index (χ1v) is 6.36. The summed E-state index contributed by atoms with van der Waals surface area (Å²) in [5.74, 6) is 0. The largest absolute Gasteiger partial charge is 0.373 e. The van der Waals surface area contributed by atoms with Gasteiger partial charge < -0.3 is 4.89 Å². The first kappa shape index (κ1) is 10.5. The van der Waals surface area contributed by atoms with Gasteiger partial charge >= 0.3 is 0 Å². The predicted octanol–water partition coefficient (Wildman–Crippen LogP) is 3.51. The lowest BCUT2D eigenvalue weighted by Gasteiger charge is -2.34. The van der Waals surface area contributed by atoms with E-state index in [1.807, 2.05) is 0 Å². The lowest BCUT2D eigenvalue weighted by atomic mass is 10.0. The second-order valence-electron chi connectivity index (χ2n) is 4.81. The van der Waals surface area contributed by atoms with Gasteiger partial charge in [-0.15, -0.1) is 0 Å². The fourth-order valence-corrected chi connectivity index (χ4v) is 3.82. The third kappa shape index (κ3) is 2.71. The van der Waals surface area contributed by atoms with Crippen LogP contribution in [0.1, 0.15) is 52.9 Å². The summed E-state index contributed by atoms with van der Waals surface area (Å²) in [6.45, 7) is 6.48. The van der Waals surface area contributed by atoms with Gasteiger partial charge in [-0.3, -0.25) is 0 Å². The van der Waals surface area contributed by atoms with Crippen LogP contribution in [0.3, 0.4) is 0 Å². The van der Waals surface area contributed by atoms with E-state index < -0.39 is 8.15 Å². The van der Waals surface area contributed by atoms with Gasteiger partial charge in [0.05, 0.1) is 0 Å². The van der Waals surface area contributed by atoms with Gasteiger partial charge in [-0.1, -0.05) is 40.0 Å². The van der Waals surface area contributed by atoms with Crippen molar-refractivity contribution in [1.29, 1.82) is 0 Å². The molecule has 1 fully saturated rings. The molecule has 72 valence electrons. The maximum absolute atomic E-state index is 10.1. The van der Waals surface area contributed by atoms with Crippen molar-refractivity contribution in [2.75, 3.05) is 0 Å². The monoisotopic (exact) mass is 188 g/mol. The second kappa shape index (κ2) is 4.07. The highest BCUT2D eigenvalue weighted by molar-refractivity contribution is 7.54. The van der Waals surface area contributed by atoms with E-state index in [1.165, 1.54) is 32.1 Å². The molecule has 0 radical (unpaired) electrons. The molecule has 0 aliphatic heterocycles. The van der Waals surface area contributed by atoms with Crippen molar-refractivity contribution in [2.24, 2.45) is 0 Å². The summed E-state index contributed by atoms with van der Waals surface area (Å²) in [4.78, 5) is 10.1. The van der Waals surface area contributed by atoms with Crippen LogP contribution in [0.5, 0.6) is 0 Å². The van der Waals surface area contributed by atoms with E-state index in [4.69, 9.17) is 0 Å². The summed E-state index contributed by atoms with van der Waals surface area (Å²) in [6.07, 6.45) is 6.57. The van der Waals surface area contributed by atoms with Crippen molar-refractivity contribution >= 4 is 8.15 Å². The van der Waals surface area contributed by atoms with Crippen molar-refractivity contribution in [1.82, 2.24) is 0 Å². The SMILES string of the molecule is CC(C)(C)P(O)C1CCCCC1. The first-order chi connectivity index (χ1) is 5.52. The van der Waals surface area contributed by atoms with E-state index in [0.29, 0.717) is 5.66 Å². The zero-order valence-corrected chi connectivity index (χ0v) is 9.40. The summed E-state index contributed by atoms with van der Waals surface area (Å²) in [6, 6.07) is 0. The molecule has 1 saturated carbocycles. The van der Waals surface area contributed by atoms with E-state index in [-0.39, 0.29) is 5.16 Å². The molecule has 0 spiro atoms. The molecule has 1 N–H and O–H groups in total.